The maximum atomic E-state index is 5.38. The van der Waals surface area contributed by atoms with Crippen LogP contribution in [0.4, 0.5) is 0 Å². The molecule has 0 aromatic heterocycles. The quantitative estimate of drug-likeness (QED) is 0.431. The molecule has 52 valence electrons. The Morgan fingerprint density at radius 2 is 1.67 bits per heavy atom. The van der Waals surface area contributed by atoms with E-state index in [1.807, 2.05) is 17.1 Å². The zero-order chi connectivity index (χ0) is 7.11. The van der Waals surface area contributed by atoms with Crippen LogP contribution >= 0.6 is 0 Å². The highest BCUT2D eigenvalue weighted by Gasteiger charge is 1.92. The highest BCUT2D eigenvalue weighted by Crippen LogP contribution is 1.83. The maximum Gasteiger partial charge on any atom is 0.0461 e. The summed E-state index contributed by atoms with van der Waals surface area (Å²) in [4.78, 5) is 2.03. The van der Waals surface area contributed by atoms with Gasteiger partial charge in [0.05, 0.1) is 0 Å². The lowest BCUT2D eigenvalue weighted by molar-refractivity contribution is 0.346. The molecule has 0 aromatic rings. The van der Waals surface area contributed by atoms with E-state index < -0.39 is 0 Å². The Labute approximate surface area is 56.6 Å². The van der Waals surface area contributed by atoms with Gasteiger partial charge >= 0.3 is 0 Å². The second-order valence-corrected chi connectivity index (χ2v) is 1.80. The number of rotatable bonds is 5. The molecule has 0 aliphatic carbocycles. The van der Waals surface area contributed by atoms with Gasteiger partial charge < -0.3 is 5.73 Å². The van der Waals surface area contributed by atoms with Crippen LogP contribution in [0.1, 0.15) is 0 Å². The van der Waals surface area contributed by atoms with E-state index >= 15 is 0 Å². The zero-order valence-corrected chi connectivity index (χ0v) is 5.71. The number of hydrogen-bond acceptors (Lipinski definition) is 2. The van der Waals surface area contributed by atoms with Gasteiger partial charge in [0.2, 0.25) is 0 Å². The topological polar surface area (TPSA) is 29.3 Å². The lowest BCUT2D eigenvalue weighted by atomic mass is 10.5. The molecule has 0 aromatic carbocycles. The third-order valence-corrected chi connectivity index (χ3v) is 1.03. The Morgan fingerprint density at radius 3 is 1.89 bits per heavy atom. The molecule has 0 spiro atoms. The van der Waals surface area contributed by atoms with Gasteiger partial charge in [-0.25, -0.2) is 0 Å². The molecule has 0 aliphatic rings. The summed E-state index contributed by atoms with van der Waals surface area (Å²) >= 11 is 0. The van der Waals surface area contributed by atoms with E-state index in [4.69, 9.17) is 5.73 Å². The fourth-order valence-corrected chi connectivity index (χ4v) is 0.589. The molecule has 0 aliphatic heterocycles. The molecule has 2 N–H and O–H groups in total. The van der Waals surface area contributed by atoms with E-state index in [0.29, 0.717) is 6.67 Å². The lowest BCUT2D eigenvalue weighted by Gasteiger charge is -2.14. The van der Waals surface area contributed by atoms with Gasteiger partial charge in [0.15, 0.2) is 0 Å². The van der Waals surface area contributed by atoms with Crippen molar-refractivity contribution in [3.63, 3.8) is 0 Å². The summed E-state index contributed by atoms with van der Waals surface area (Å²) < 4.78 is 0. The van der Waals surface area contributed by atoms with Crippen LogP contribution in [0.3, 0.4) is 0 Å². The van der Waals surface area contributed by atoms with Gasteiger partial charge in [-0.2, -0.15) is 0 Å². The minimum atomic E-state index is 0.567. The maximum absolute atomic E-state index is 5.38. The molecule has 0 atom stereocenters. The largest absolute Gasteiger partial charge is 0.318 e. The smallest absolute Gasteiger partial charge is 0.0461 e. The van der Waals surface area contributed by atoms with Gasteiger partial charge in [-0.05, 0) is 0 Å². The molecule has 2 heteroatoms. The summed E-state index contributed by atoms with van der Waals surface area (Å²) in [6.07, 6.45) is 3.66. The average Bonchev–Trinajstić information content (AvgIpc) is 1.88. The number of hydrogen-bond donors (Lipinski definition) is 1. The molecule has 0 unspecified atom stereocenters. The van der Waals surface area contributed by atoms with Gasteiger partial charge in [-0.3, -0.25) is 4.90 Å². The summed E-state index contributed by atoms with van der Waals surface area (Å²) in [6, 6.07) is 0. The van der Waals surface area contributed by atoms with Crippen LogP contribution in [-0.2, 0) is 0 Å². The SMILES string of the molecule is C=CCN(CN)CC=C. The van der Waals surface area contributed by atoms with Gasteiger partial charge in [-0.15, -0.1) is 13.2 Å². The molecular weight excluding hydrogens is 112 g/mol. The third kappa shape index (κ3) is 3.94. The number of nitrogens with two attached hydrogens (primary N) is 1. The van der Waals surface area contributed by atoms with Gasteiger partial charge in [0, 0.05) is 19.8 Å². The zero-order valence-electron chi connectivity index (χ0n) is 5.71. The van der Waals surface area contributed by atoms with Crippen LogP contribution in [0.2, 0.25) is 0 Å². The lowest BCUT2D eigenvalue weighted by Crippen LogP contribution is -2.30. The Morgan fingerprint density at radius 1 is 1.22 bits per heavy atom. The van der Waals surface area contributed by atoms with Crippen LogP contribution in [-0.4, -0.2) is 24.7 Å². The van der Waals surface area contributed by atoms with Gasteiger partial charge in [0.1, 0.15) is 0 Å². The molecule has 9 heavy (non-hydrogen) atoms. The summed E-state index contributed by atoms with van der Waals surface area (Å²) in [5.41, 5.74) is 5.38. The van der Waals surface area contributed by atoms with Crippen molar-refractivity contribution < 1.29 is 0 Å². The minimum Gasteiger partial charge on any atom is -0.318 e. The molecule has 2 nitrogen and oxygen atoms in total. The Kier molecular flexibility index (Phi) is 5.17. The van der Waals surface area contributed by atoms with Crippen LogP contribution in [0.15, 0.2) is 25.3 Å². The van der Waals surface area contributed by atoms with Crippen molar-refractivity contribution in [2.75, 3.05) is 19.8 Å². The van der Waals surface area contributed by atoms with E-state index in [2.05, 4.69) is 13.2 Å². The predicted molar refractivity (Wildman–Crippen MR) is 41.0 cm³/mol. The fraction of sp³-hybridized carbons (Fsp3) is 0.429. The summed E-state index contributed by atoms with van der Waals surface area (Å²) in [5, 5.41) is 0. The second-order valence-electron chi connectivity index (χ2n) is 1.80. The van der Waals surface area contributed by atoms with E-state index in [9.17, 15) is 0 Å². The summed E-state index contributed by atoms with van der Waals surface area (Å²) in [7, 11) is 0. The molecule has 0 saturated carbocycles. The first kappa shape index (κ1) is 8.40. The summed E-state index contributed by atoms with van der Waals surface area (Å²) in [6.45, 7) is 9.44. The first-order valence-electron chi connectivity index (χ1n) is 2.99. The van der Waals surface area contributed by atoms with Crippen LogP contribution in [0, 0.1) is 0 Å². The predicted octanol–water partition coefficient (Wildman–Crippen LogP) is 0.577. The summed E-state index contributed by atoms with van der Waals surface area (Å²) in [5.74, 6) is 0. The molecule has 0 heterocycles. The normalized spacial score (nSPS) is 9.56. The second kappa shape index (κ2) is 5.54. The van der Waals surface area contributed by atoms with Crippen LogP contribution in [0.5, 0.6) is 0 Å². The van der Waals surface area contributed by atoms with Crippen molar-refractivity contribution in [3.8, 4) is 0 Å². The van der Waals surface area contributed by atoms with Crippen molar-refractivity contribution in [2.24, 2.45) is 5.73 Å². The van der Waals surface area contributed by atoms with Gasteiger partial charge in [-0.1, -0.05) is 12.2 Å². The molecule has 0 fully saturated rings. The average molecular weight is 126 g/mol. The third-order valence-electron chi connectivity index (χ3n) is 1.03. The number of nitrogens with zero attached hydrogens (tertiary/aromatic N) is 1. The van der Waals surface area contributed by atoms with Crippen molar-refractivity contribution in [1.82, 2.24) is 4.90 Å². The van der Waals surface area contributed by atoms with Crippen molar-refractivity contribution in [2.45, 2.75) is 0 Å². The molecule has 0 radical (unpaired) electrons. The first-order valence-corrected chi connectivity index (χ1v) is 2.99. The van der Waals surface area contributed by atoms with Gasteiger partial charge in [0.25, 0.3) is 0 Å². The van der Waals surface area contributed by atoms with E-state index in [-0.39, 0.29) is 0 Å². The Hall–Kier alpha value is -0.600. The van der Waals surface area contributed by atoms with E-state index in [0.717, 1.165) is 13.1 Å². The van der Waals surface area contributed by atoms with Crippen molar-refractivity contribution in [3.05, 3.63) is 25.3 Å². The molecule has 0 amide bonds. The first-order chi connectivity index (χ1) is 4.35. The standard InChI is InChI=1S/C7H14N2/c1-3-5-9(7-8)6-4-2/h3-4H,1-2,5-8H2. The molecular formula is C7H14N2. The van der Waals surface area contributed by atoms with Crippen LogP contribution in [0.25, 0.3) is 0 Å². The highest BCUT2D eigenvalue weighted by molar-refractivity contribution is 4.78. The molecule has 0 bridgehead atoms. The highest BCUT2D eigenvalue weighted by atomic mass is 15.2. The monoisotopic (exact) mass is 126 g/mol. The Balaban J connectivity index is 3.39. The molecule has 0 rings (SSSR count). The van der Waals surface area contributed by atoms with Crippen molar-refractivity contribution in [1.29, 1.82) is 0 Å². The fourth-order valence-electron chi connectivity index (χ4n) is 0.589. The van der Waals surface area contributed by atoms with Crippen molar-refractivity contribution >= 4 is 0 Å². The minimum absolute atomic E-state index is 0.567. The Bertz CT molecular complexity index is 78.9. The van der Waals surface area contributed by atoms with E-state index in [1.165, 1.54) is 0 Å². The van der Waals surface area contributed by atoms with E-state index in [1.54, 1.807) is 0 Å². The van der Waals surface area contributed by atoms with Crippen LogP contribution < -0.4 is 5.73 Å². The molecule has 0 saturated heterocycles.